The van der Waals surface area contributed by atoms with Crippen LogP contribution >= 0.6 is 23.2 Å². The van der Waals surface area contributed by atoms with Crippen molar-refractivity contribution in [1.29, 1.82) is 0 Å². The monoisotopic (exact) mass is 404 g/mol. The predicted octanol–water partition coefficient (Wildman–Crippen LogP) is 3.55. The molecular formula is C16H18Cl2N2O4S. The molecule has 9 heteroatoms. The Morgan fingerprint density at radius 1 is 1.24 bits per heavy atom. The van der Waals surface area contributed by atoms with Crippen LogP contribution in [0, 0.1) is 0 Å². The van der Waals surface area contributed by atoms with E-state index in [2.05, 4.69) is 9.71 Å². The van der Waals surface area contributed by atoms with Gasteiger partial charge in [-0.3, -0.25) is 4.79 Å². The van der Waals surface area contributed by atoms with E-state index in [1.54, 1.807) is 20.8 Å². The Morgan fingerprint density at radius 2 is 1.88 bits per heavy atom. The Morgan fingerprint density at radius 3 is 2.48 bits per heavy atom. The Bertz CT molecular complexity index is 924. The molecule has 2 aromatic rings. The zero-order valence-electron chi connectivity index (χ0n) is 14.1. The maximum absolute atomic E-state index is 12.5. The number of hydrogen-bond donors (Lipinski definition) is 1. The molecule has 0 amide bonds. The van der Waals surface area contributed by atoms with Crippen LogP contribution in [0.25, 0.3) is 10.8 Å². The predicted molar refractivity (Wildman–Crippen MR) is 97.4 cm³/mol. The molecule has 0 fully saturated rings. The molecule has 0 spiro atoms. The van der Waals surface area contributed by atoms with Gasteiger partial charge in [-0.25, -0.2) is 13.4 Å². The highest BCUT2D eigenvalue weighted by atomic mass is 35.5. The van der Waals surface area contributed by atoms with Gasteiger partial charge in [0.2, 0.25) is 10.0 Å². The van der Waals surface area contributed by atoms with E-state index in [0.29, 0.717) is 15.8 Å². The molecular weight excluding hydrogens is 387 g/mol. The number of benzene rings is 1. The fourth-order valence-electron chi connectivity index (χ4n) is 2.06. The van der Waals surface area contributed by atoms with Crippen molar-refractivity contribution >= 4 is 50.0 Å². The first-order valence-corrected chi connectivity index (χ1v) is 9.63. The van der Waals surface area contributed by atoms with E-state index in [1.807, 2.05) is 0 Å². The van der Waals surface area contributed by atoms with E-state index in [4.69, 9.17) is 27.9 Å². The number of pyridine rings is 1. The van der Waals surface area contributed by atoms with Crippen molar-refractivity contribution in [3.8, 4) is 0 Å². The van der Waals surface area contributed by atoms with Crippen LogP contribution < -0.4 is 4.72 Å². The second-order valence-electron chi connectivity index (χ2n) is 6.48. The lowest BCUT2D eigenvalue weighted by molar-refractivity contribution is -0.156. The first-order valence-electron chi connectivity index (χ1n) is 7.40. The third-order valence-electron chi connectivity index (χ3n) is 3.16. The number of nitrogens with one attached hydrogen (secondary N) is 1. The average Bonchev–Trinajstić information content (AvgIpc) is 2.48. The van der Waals surface area contributed by atoms with Crippen LogP contribution in [0.5, 0.6) is 0 Å². The van der Waals surface area contributed by atoms with Crippen molar-refractivity contribution < 1.29 is 17.9 Å². The van der Waals surface area contributed by atoms with Crippen LogP contribution in [0.3, 0.4) is 0 Å². The normalized spacial score (nSPS) is 13.7. The van der Waals surface area contributed by atoms with Crippen LogP contribution in [-0.2, 0) is 19.6 Å². The molecule has 0 aliphatic heterocycles. The van der Waals surface area contributed by atoms with Gasteiger partial charge in [-0.2, -0.15) is 4.72 Å². The molecule has 0 bridgehead atoms. The van der Waals surface area contributed by atoms with Crippen molar-refractivity contribution in [2.75, 3.05) is 0 Å². The number of fused-ring (bicyclic) bond motifs is 1. The standard InChI is InChI=1S/C16H18Cl2N2O4S/c1-9(15(21)24-16(2,3)4)20-25(22,23)10-5-6-11-12(7-10)14(18)19-8-13(11)17/h5-9,20H,1-4H3/t9-/m0/s1. The summed E-state index contributed by atoms with van der Waals surface area (Å²) >= 11 is 12.1. The number of rotatable bonds is 4. The number of sulfonamides is 1. The maximum Gasteiger partial charge on any atom is 0.324 e. The van der Waals surface area contributed by atoms with E-state index < -0.39 is 27.6 Å². The highest BCUT2D eigenvalue weighted by molar-refractivity contribution is 7.89. The molecule has 1 aromatic carbocycles. The van der Waals surface area contributed by atoms with Gasteiger partial charge >= 0.3 is 5.97 Å². The molecule has 6 nitrogen and oxygen atoms in total. The number of hydrogen-bond acceptors (Lipinski definition) is 5. The molecule has 1 heterocycles. The first-order chi connectivity index (χ1) is 11.4. The lowest BCUT2D eigenvalue weighted by Gasteiger charge is -2.22. The minimum absolute atomic E-state index is 0.0543. The molecule has 1 atom stereocenters. The third kappa shape index (κ3) is 4.82. The topological polar surface area (TPSA) is 85.4 Å². The average molecular weight is 405 g/mol. The van der Waals surface area contributed by atoms with Gasteiger partial charge in [0.15, 0.2) is 0 Å². The van der Waals surface area contributed by atoms with Crippen LogP contribution in [0.1, 0.15) is 27.7 Å². The largest absolute Gasteiger partial charge is 0.459 e. The fourth-order valence-corrected chi connectivity index (χ4v) is 3.70. The van der Waals surface area contributed by atoms with Crippen LogP contribution in [0.2, 0.25) is 10.2 Å². The van der Waals surface area contributed by atoms with Crippen LogP contribution in [0.4, 0.5) is 0 Å². The van der Waals surface area contributed by atoms with Crippen molar-refractivity contribution in [1.82, 2.24) is 9.71 Å². The zero-order chi connectivity index (χ0) is 19.0. The molecule has 136 valence electrons. The van der Waals surface area contributed by atoms with Crippen LogP contribution in [0.15, 0.2) is 29.3 Å². The first kappa shape index (κ1) is 19.9. The Balaban J connectivity index is 2.32. The Hall–Kier alpha value is -1.41. The van der Waals surface area contributed by atoms with Gasteiger partial charge in [0, 0.05) is 17.0 Å². The van der Waals surface area contributed by atoms with Gasteiger partial charge in [0.1, 0.15) is 16.8 Å². The molecule has 0 saturated heterocycles. The summed E-state index contributed by atoms with van der Waals surface area (Å²) in [6.07, 6.45) is 1.39. The molecule has 2 rings (SSSR count). The number of halogens is 2. The molecule has 0 aliphatic rings. The van der Waals surface area contributed by atoms with Gasteiger partial charge in [-0.15, -0.1) is 0 Å². The lowest BCUT2D eigenvalue weighted by Crippen LogP contribution is -2.42. The molecule has 0 saturated carbocycles. The number of nitrogens with zero attached hydrogens (tertiary/aromatic N) is 1. The van der Waals surface area contributed by atoms with Crippen LogP contribution in [-0.4, -0.2) is 31.0 Å². The van der Waals surface area contributed by atoms with Gasteiger partial charge < -0.3 is 4.74 Å². The van der Waals surface area contributed by atoms with Gasteiger partial charge in [-0.05, 0) is 39.8 Å². The lowest BCUT2D eigenvalue weighted by atomic mass is 10.2. The summed E-state index contributed by atoms with van der Waals surface area (Å²) in [4.78, 5) is 15.8. The number of ether oxygens (including phenoxy) is 1. The van der Waals surface area contributed by atoms with E-state index >= 15 is 0 Å². The summed E-state index contributed by atoms with van der Waals surface area (Å²) in [5.41, 5.74) is -0.713. The van der Waals surface area contributed by atoms with E-state index in [0.717, 1.165) is 0 Å². The smallest absolute Gasteiger partial charge is 0.324 e. The van der Waals surface area contributed by atoms with Crippen molar-refractivity contribution in [3.05, 3.63) is 34.6 Å². The summed E-state index contributed by atoms with van der Waals surface area (Å²) in [7, 11) is -3.96. The molecule has 0 aliphatic carbocycles. The molecule has 0 unspecified atom stereocenters. The summed E-state index contributed by atoms with van der Waals surface area (Å²) in [6, 6.07) is 3.24. The molecule has 25 heavy (non-hydrogen) atoms. The van der Waals surface area contributed by atoms with E-state index in [1.165, 1.54) is 31.3 Å². The summed E-state index contributed by atoms with van der Waals surface area (Å²) in [6.45, 7) is 6.52. The van der Waals surface area contributed by atoms with E-state index in [9.17, 15) is 13.2 Å². The van der Waals surface area contributed by atoms with E-state index in [-0.39, 0.29) is 10.0 Å². The Labute approximate surface area is 156 Å². The van der Waals surface area contributed by atoms with Crippen molar-refractivity contribution in [2.24, 2.45) is 0 Å². The highest BCUT2D eigenvalue weighted by Crippen LogP contribution is 2.29. The minimum atomic E-state index is -3.96. The van der Waals surface area contributed by atoms with Gasteiger partial charge in [-0.1, -0.05) is 29.3 Å². The van der Waals surface area contributed by atoms with Gasteiger partial charge in [0.05, 0.1) is 9.92 Å². The Kier molecular flexibility index (Phi) is 5.63. The third-order valence-corrected chi connectivity index (χ3v) is 5.31. The number of esters is 1. The SMILES string of the molecule is C[C@H](NS(=O)(=O)c1ccc2c(Cl)cnc(Cl)c2c1)C(=O)OC(C)(C)C. The number of carbonyl (C=O) groups is 1. The quantitative estimate of drug-likeness (QED) is 0.621. The molecule has 1 aromatic heterocycles. The van der Waals surface area contributed by atoms with Gasteiger partial charge in [0.25, 0.3) is 0 Å². The van der Waals surface area contributed by atoms with Crippen molar-refractivity contribution in [2.45, 2.75) is 44.2 Å². The molecule has 0 radical (unpaired) electrons. The second kappa shape index (κ2) is 7.07. The zero-order valence-corrected chi connectivity index (χ0v) is 16.5. The maximum atomic E-state index is 12.5. The fraction of sp³-hybridized carbons (Fsp3) is 0.375. The van der Waals surface area contributed by atoms with Crippen molar-refractivity contribution in [3.63, 3.8) is 0 Å². The summed E-state index contributed by atoms with van der Waals surface area (Å²) in [5.74, 6) is -0.667. The summed E-state index contributed by atoms with van der Waals surface area (Å²) < 4.78 is 32.5. The minimum Gasteiger partial charge on any atom is -0.459 e. The number of aromatic nitrogens is 1. The molecule has 1 N–H and O–H groups in total. The number of carbonyl (C=O) groups excluding carboxylic acids is 1. The summed E-state index contributed by atoms with van der Waals surface area (Å²) in [5, 5.41) is 1.48. The highest BCUT2D eigenvalue weighted by Gasteiger charge is 2.26. The second-order valence-corrected chi connectivity index (χ2v) is 8.96.